The van der Waals surface area contributed by atoms with E-state index in [9.17, 15) is 16.8 Å². The average molecular weight is 882 g/mol. The Morgan fingerprint density at radius 1 is 0.564 bits per heavy atom. The van der Waals surface area contributed by atoms with Gasteiger partial charge in [-0.3, -0.25) is 0 Å². The van der Waals surface area contributed by atoms with Crippen molar-refractivity contribution in [3.8, 4) is 34.9 Å². The van der Waals surface area contributed by atoms with Crippen LogP contribution in [-0.2, 0) is 19.1 Å². The molecule has 3 aromatic heterocycles. The number of nitrogens with one attached hydrogen (secondary N) is 3. The van der Waals surface area contributed by atoms with E-state index in [4.69, 9.17) is 39.1 Å². The molecule has 3 N–H and O–H groups in total. The first-order chi connectivity index (χ1) is 26.0. The molecule has 0 unspecified atom stereocenters. The van der Waals surface area contributed by atoms with Gasteiger partial charge in [0.1, 0.15) is 49.4 Å². The minimum Gasteiger partial charge on any atom is -0.484 e. The van der Waals surface area contributed by atoms with Gasteiger partial charge in [0.05, 0.1) is 12.4 Å². The Morgan fingerprint density at radius 2 is 0.945 bits per heavy atom. The molecule has 55 heavy (non-hydrogen) atoms. The van der Waals surface area contributed by atoms with Crippen LogP contribution in [0, 0.1) is 0 Å². The molecule has 0 amide bonds. The van der Waals surface area contributed by atoms with Crippen LogP contribution >= 0.6 is 26.6 Å². The molecule has 0 aromatic carbocycles. The number of fused-ring (bicyclic) bond motifs is 3. The van der Waals surface area contributed by atoms with Crippen LogP contribution in [0.4, 0.5) is 0 Å². The third-order valence-electron chi connectivity index (χ3n) is 8.79. The highest BCUT2D eigenvalue weighted by Crippen LogP contribution is 2.33. The van der Waals surface area contributed by atoms with Gasteiger partial charge in [0.25, 0.3) is 26.7 Å². The van der Waals surface area contributed by atoms with Crippen molar-refractivity contribution in [2.24, 2.45) is 0 Å². The molecule has 3 aromatic rings. The monoisotopic (exact) mass is 880 g/mol. The quantitative estimate of drug-likeness (QED) is 0.193. The maximum absolute atomic E-state index is 12.7. The number of aromatic nitrogens is 3. The molecule has 10 rings (SSSR count). The van der Waals surface area contributed by atoms with Crippen molar-refractivity contribution in [1.29, 1.82) is 0 Å². The van der Waals surface area contributed by atoms with Gasteiger partial charge in [-0.15, -0.1) is 0 Å². The summed E-state index contributed by atoms with van der Waals surface area (Å²) in [5, 5.41) is 9.85. The highest BCUT2D eigenvalue weighted by Gasteiger charge is 2.35. The number of pyridine rings is 3. The van der Waals surface area contributed by atoms with Crippen LogP contribution in [-0.4, -0.2) is 137 Å². The zero-order chi connectivity index (χ0) is 37.7. The second kappa shape index (κ2) is 18.1. The standard InChI is InChI=1S/C13H15N3O4S.C7H6BrNO2.C7H6ClNO4S.C6H10N2.B/c17-21(18,16-7-9-4-14-5-10(9)8-16)11-3-12-13(15-6-11)20-2-1-19-12;8-5-3-6-7(9-4-5)11-2-1-10-6;8-14(10,11)5-3-6-7(9-4-5)13-2-1-12-6;1-5-2-8-4-6(5)3-7-1;/h3,6,14H,1-2,4-5,7-8H2;3-4H,1-2H2;3-4H,1-2H2;7-8H,1-4H2;. The molecule has 0 saturated carbocycles. The van der Waals surface area contributed by atoms with E-state index in [-0.39, 0.29) is 18.2 Å². The van der Waals surface area contributed by atoms with Gasteiger partial charge in [0, 0.05) is 100 Å². The summed E-state index contributed by atoms with van der Waals surface area (Å²) in [5.74, 6) is 2.64. The van der Waals surface area contributed by atoms with Crippen molar-refractivity contribution in [3.63, 3.8) is 0 Å². The van der Waals surface area contributed by atoms with Crippen molar-refractivity contribution in [1.82, 2.24) is 35.2 Å². The van der Waals surface area contributed by atoms with E-state index in [0.29, 0.717) is 87.6 Å². The van der Waals surface area contributed by atoms with Crippen LogP contribution in [0.1, 0.15) is 0 Å². The lowest BCUT2D eigenvalue weighted by Crippen LogP contribution is -2.32. The zero-order valence-electron chi connectivity index (χ0n) is 29.4. The smallest absolute Gasteiger partial charge is 0.262 e. The number of sulfonamides is 1. The van der Waals surface area contributed by atoms with Crippen LogP contribution in [0.25, 0.3) is 0 Å². The van der Waals surface area contributed by atoms with Crippen molar-refractivity contribution in [3.05, 3.63) is 63.6 Å². The van der Waals surface area contributed by atoms with E-state index >= 15 is 0 Å². The van der Waals surface area contributed by atoms with Crippen LogP contribution in [0.15, 0.2) is 73.3 Å². The fourth-order valence-electron chi connectivity index (χ4n) is 6.12. The van der Waals surface area contributed by atoms with E-state index in [1.807, 2.05) is 6.07 Å². The topological polar surface area (TPSA) is 202 Å². The summed E-state index contributed by atoms with van der Waals surface area (Å²) in [6.45, 7) is 9.79. The predicted octanol–water partition coefficient (Wildman–Crippen LogP) is 1.26. The van der Waals surface area contributed by atoms with Crippen LogP contribution in [0.2, 0.25) is 0 Å². The van der Waals surface area contributed by atoms with Crippen LogP contribution in [0.5, 0.6) is 34.9 Å². The van der Waals surface area contributed by atoms with Crippen molar-refractivity contribution in [2.45, 2.75) is 9.79 Å². The molecule has 3 radical (unpaired) electrons. The second-order valence-corrected chi connectivity index (χ2v) is 17.9. The van der Waals surface area contributed by atoms with Gasteiger partial charge in [-0.2, -0.15) is 4.31 Å². The zero-order valence-corrected chi connectivity index (χ0v) is 33.4. The number of hydrogen-bond donors (Lipinski definition) is 3. The Labute approximate surface area is 333 Å². The summed E-state index contributed by atoms with van der Waals surface area (Å²) in [5.41, 5.74) is 5.57. The van der Waals surface area contributed by atoms with Crippen molar-refractivity contribution >= 4 is 54.1 Å². The fourth-order valence-corrected chi connectivity index (χ4v) is 8.50. The van der Waals surface area contributed by atoms with Crippen molar-refractivity contribution < 1.29 is 45.3 Å². The number of halogens is 2. The molecule has 0 fully saturated rings. The summed E-state index contributed by atoms with van der Waals surface area (Å²) >= 11 is 3.29. The fraction of sp³-hybridized carbons (Fsp3) is 0.424. The lowest BCUT2D eigenvalue weighted by Gasteiger charge is -2.20. The second-order valence-electron chi connectivity index (χ2n) is 12.4. The average Bonchev–Trinajstić information content (AvgIpc) is 3.99. The van der Waals surface area contributed by atoms with Crippen molar-refractivity contribution in [2.75, 3.05) is 92.0 Å². The van der Waals surface area contributed by atoms with Gasteiger partial charge in [-0.25, -0.2) is 31.8 Å². The summed E-state index contributed by atoms with van der Waals surface area (Å²) < 4.78 is 81.2. The molecule has 17 nitrogen and oxygen atoms in total. The maximum atomic E-state index is 12.7. The molecule has 22 heteroatoms. The molecular formula is C33H37BBrClN7O10S2. The molecule has 0 bridgehead atoms. The van der Waals surface area contributed by atoms with Gasteiger partial charge in [-0.1, -0.05) is 0 Å². The Morgan fingerprint density at radius 3 is 1.42 bits per heavy atom. The first kappa shape index (κ1) is 41.0. The molecule has 10 heterocycles. The number of rotatable bonds is 3. The largest absolute Gasteiger partial charge is 0.484 e. The molecule has 0 saturated heterocycles. The molecule has 7 aliphatic rings. The number of hydrogen-bond acceptors (Lipinski definition) is 16. The van der Waals surface area contributed by atoms with E-state index in [0.717, 1.165) is 49.9 Å². The predicted molar refractivity (Wildman–Crippen MR) is 204 cm³/mol. The Balaban J connectivity index is 0.000000132. The normalized spacial score (nSPS) is 19.0. The lowest BCUT2D eigenvalue weighted by atomic mass is 10.2. The highest BCUT2D eigenvalue weighted by atomic mass is 79.9. The molecule has 293 valence electrons. The SMILES string of the molecule is Brc1cnc2c(c1)OCCO2.C1NCC2=C1CNC2.O=S(=O)(Cl)c1cnc2c(c1)OCCO2.O=S(=O)(c1cnc2c(c1)OCCO2)N1CC2=C(CNC2)C1.[B]. The van der Waals surface area contributed by atoms with E-state index < -0.39 is 19.1 Å². The van der Waals surface area contributed by atoms with Gasteiger partial charge in [0.15, 0.2) is 17.2 Å². The number of nitrogens with zero attached hydrogens (tertiary/aromatic N) is 4. The molecule has 0 aliphatic carbocycles. The molecular weight excluding hydrogens is 845 g/mol. The minimum atomic E-state index is -3.76. The van der Waals surface area contributed by atoms with E-state index in [1.165, 1.54) is 33.8 Å². The lowest BCUT2D eigenvalue weighted by molar-refractivity contribution is 0.163. The number of ether oxygens (including phenoxy) is 6. The summed E-state index contributed by atoms with van der Waals surface area (Å²) in [7, 11) is -2.17. The molecule has 0 atom stereocenters. The van der Waals surface area contributed by atoms with Gasteiger partial charge in [-0.05, 0) is 38.2 Å². The summed E-state index contributed by atoms with van der Waals surface area (Å²) in [6, 6.07) is 4.64. The maximum Gasteiger partial charge on any atom is 0.262 e. The van der Waals surface area contributed by atoms with Crippen LogP contribution in [0.3, 0.4) is 0 Å². The first-order valence-corrected chi connectivity index (χ1v) is 21.5. The Kier molecular flexibility index (Phi) is 13.4. The van der Waals surface area contributed by atoms with Gasteiger partial charge < -0.3 is 44.4 Å². The first-order valence-electron chi connectivity index (χ1n) is 16.9. The summed E-state index contributed by atoms with van der Waals surface area (Å²) in [6.07, 6.45) is 4.16. The van der Waals surface area contributed by atoms with Crippen LogP contribution < -0.4 is 44.4 Å². The van der Waals surface area contributed by atoms with E-state index in [2.05, 4.69) is 46.8 Å². The molecule has 0 spiro atoms. The van der Waals surface area contributed by atoms with E-state index in [1.54, 1.807) is 17.3 Å². The minimum absolute atomic E-state index is 0. The highest BCUT2D eigenvalue weighted by molar-refractivity contribution is 9.10. The molecule has 7 aliphatic heterocycles. The summed E-state index contributed by atoms with van der Waals surface area (Å²) in [4.78, 5) is 11.9. The van der Waals surface area contributed by atoms with Gasteiger partial charge in [0.2, 0.25) is 10.0 Å². The third-order valence-corrected chi connectivity index (χ3v) is 12.3. The Hall–Kier alpha value is -3.70. The third kappa shape index (κ3) is 10.0. The Bertz CT molecular complexity index is 2140. The van der Waals surface area contributed by atoms with Gasteiger partial charge >= 0.3 is 0 Å².